The zero-order valence-corrected chi connectivity index (χ0v) is 23.8. The maximum absolute atomic E-state index is 13.0. The highest BCUT2D eigenvalue weighted by Crippen LogP contribution is 2.40. The first kappa shape index (κ1) is 26.4. The summed E-state index contributed by atoms with van der Waals surface area (Å²) in [6, 6.07) is 33.1. The van der Waals surface area contributed by atoms with Gasteiger partial charge in [-0.3, -0.25) is 9.73 Å². The number of nitrogens with zero attached hydrogens (tertiary/aromatic N) is 2. The first-order valence-electron chi connectivity index (χ1n) is 11.6. The number of thiocarbonyl (C=S) groups is 1. The minimum atomic E-state index is -3.88. The Morgan fingerprint density at radius 1 is 0.868 bits per heavy atom. The second kappa shape index (κ2) is 11.2. The molecule has 0 fully saturated rings. The van der Waals surface area contributed by atoms with Crippen molar-refractivity contribution < 1.29 is 8.42 Å². The predicted octanol–water partition coefficient (Wildman–Crippen LogP) is 6.74. The molecular formula is C28H22BrClN4O2S2. The van der Waals surface area contributed by atoms with Gasteiger partial charge >= 0.3 is 0 Å². The van der Waals surface area contributed by atoms with Gasteiger partial charge in [-0.25, -0.2) is 8.42 Å². The molecule has 0 bridgehead atoms. The highest BCUT2D eigenvalue weighted by molar-refractivity contribution is 9.10. The number of sulfonamides is 1. The van der Waals surface area contributed by atoms with Gasteiger partial charge in [-0.2, -0.15) is 5.10 Å². The van der Waals surface area contributed by atoms with E-state index in [4.69, 9.17) is 28.9 Å². The van der Waals surface area contributed by atoms with Gasteiger partial charge in [-0.15, -0.1) is 0 Å². The van der Waals surface area contributed by atoms with Crippen LogP contribution in [0.2, 0.25) is 5.02 Å². The fourth-order valence-corrected chi connectivity index (χ4v) is 6.53. The molecule has 10 heteroatoms. The number of benzene rings is 4. The Labute approximate surface area is 240 Å². The van der Waals surface area contributed by atoms with Crippen LogP contribution in [0.1, 0.15) is 17.2 Å². The van der Waals surface area contributed by atoms with Gasteiger partial charge in [-0.1, -0.05) is 88.2 Å². The van der Waals surface area contributed by atoms with E-state index in [0.717, 1.165) is 22.5 Å². The third-order valence-electron chi connectivity index (χ3n) is 5.97. The molecule has 2 atom stereocenters. The smallest absolute Gasteiger partial charge is 0.263 e. The number of nitrogens with one attached hydrogen (secondary N) is 2. The molecule has 4 aromatic rings. The molecule has 0 saturated carbocycles. The Bertz CT molecular complexity index is 1570. The van der Waals surface area contributed by atoms with Crippen LogP contribution >= 0.6 is 39.7 Å². The number of rotatable bonds is 6. The average Bonchev–Trinajstić information content (AvgIpc) is 3.27. The minimum absolute atomic E-state index is 0.0108. The molecule has 2 N–H and O–H groups in total. The van der Waals surface area contributed by atoms with E-state index in [0.29, 0.717) is 10.7 Å². The van der Waals surface area contributed by atoms with E-state index in [1.54, 1.807) is 36.4 Å². The van der Waals surface area contributed by atoms with Gasteiger partial charge in [0.05, 0.1) is 27.2 Å². The number of halogens is 2. The van der Waals surface area contributed by atoms with Crippen LogP contribution in [0.15, 0.2) is 119 Å². The quantitative estimate of drug-likeness (QED) is 0.183. The first-order valence-corrected chi connectivity index (χ1v) is 14.8. The van der Waals surface area contributed by atoms with Gasteiger partial charge in [0.1, 0.15) is 0 Å². The zero-order chi connectivity index (χ0) is 26.7. The molecule has 0 saturated heterocycles. The fourth-order valence-electron chi connectivity index (χ4n) is 4.16. The first-order chi connectivity index (χ1) is 18.3. The van der Waals surface area contributed by atoms with Gasteiger partial charge in [-0.05, 0) is 71.9 Å². The topological polar surface area (TPSA) is 73.8 Å². The van der Waals surface area contributed by atoms with Gasteiger partial charge in [0, 0.05) is 10.7 Å². The molecule has 192 valence electrons. The standard InChI is InChI=1S/C28H22BrClN4O2S2/c29-25-26(19-11-13-21(30)14-12-19)32-34(27(25)20-7-3-1-4-8-20)23-15-17-24(18-16-23)38(35,36)33-28(37)31-22-9-5-2-6-10-22/h1-18,25,27H,(H2,31,33,37). The van der Waals surface area contributed by atoms with Crippen molar-refractivity contribution in [1.29, 1.82) is 0 Å². The summed E-state index contributed by atoms with van der Waals surface area (Å²) in [4.78, 5) is -0.0243. The molecule has 0 radical (unpaired) electrons. The normalized spacial score (nSPS) is 17.1. The van der Waals surface area contributed by atoms with Crippen LogP contribution in [0.25, 0.3) is 0 Å². The van der Waals surface area contributed by atoms with Gasteiger partial charge in [0.2, 0.25) is 0 Å². The summed E-state index contributed by atoms with van der Waals surface area (Å²) in [7, 11) is -3.88. The van der Waals surface area contributed by atoms with Crippen molar-refractivity contribution in [1.82, 2.24) is 4.72 Å². The Morgan fingerprint density at radius 2 is 1.47 bits per heavy atom. The molecule has 0 spiro atoms. The van der Waals surface area contributed by atoms with Crippen molar-refractivity contribution in [3.8, 4) is 0 Å². The number of hydrazone groups is 1. The Balaban J connectivity index is 1.42. The van der Waals surface area contributed by atoms with E-state index in [1.807, 2.05) is 65.7 Å². The van der Waals surface area contributed by atoms with Crippen molar-refractivity contribution in [3.05, 3.63) is 125 Å². The van der Waals surface area contributed by atoms with Crippen LogP contribution in [0.3, 0.4) is 0 Å². The van der Waals surface area contributed by atoms with Crippen molar-refractivity contribution >= 4 is 72.0 Å². The van der Waals surface area contributed by atoms with Crippen molar-refractivity contribution in [2.75, 3.05) is 10.3 Å². The van der Waals surface area contributed by atoms with Crippen LogP contribution in [0, 0.1) is 0 Å². The van der Waals surface area contributed by atoms with Crippen LogP contribution < -0.4 is 15.0 Å². The number of hydrogen-bond donors (Lipinski definition) is 2. The van der Waals surface area contributed by atoms with Gasteiger partial charge in [0.15, 0.2) is 5.11 Å². The van der Waals surface area contributed by atoms with Crippen LogP contribution in [0.5, 0.6) is 0 Å². The molecule has 2 unspecified atom stereocenters. The summed E-state index contributed by atoms with van der Waals surface area (Å²) in [5.41, 5.74) is 4.30. The maximum atomic E-state index is 13.0. The third-order valence-corrected chi connectivity index (χ3v) is 8.85. The lowest BCUT2D eigenvalue weighted by Gasteiger charge is -2.26. The fraction of sp³-hybridized carbons (Fsp3) is 0.0714. The number of alkyl halides is 1. The monoisotopic (exact) mass is 624 g/mol. The SMILES string of the molecule is O=S(=O)(NC(=S)Nc1ccccc1)c1ccc(N2N=C(c3ccc(Cl)cc3)C(Br)C2c2ccccc2)cc1. The molecule has 1 aliphatic heterocycles. The number of hydrogen-bond acceptors (Lipinski definition) is 5. The molecule has 0 aromatic heterocycles. The average molecular weight is 626 g/mol. The summed E-state index contributed by atoms with van der Waals surface area (Å²) in [6.45, 7) is 0. The number of para-hydroxylation sites is 1. The van der Waals surface area contributed by atoms with E-state index in [-0.39, 0.29) is 20.9 Å². The van der Waals surface area contributed by atoms with Crippen LogP contribution in [-0.4, -0.2) is 24.1 Å². The summed E-state index contributed by atoms with van der Waals surface area (Å²) < 4.78 is 28.4. The van der Waals surface area contributed by atoms with Crippen molar-refractivity contribution in [3.63, 3.8) is 0 Å². The molecule has 38 heavy (non-hydrogen) atoms. The highest BCUT2D eigenvalue weighted by atomic mass is 79.9. The van der Waals surface area contributed by atoms with Crippen molar-refractivity contribution in [2.45, 2.75) is 15.8 Å². The summed E-state index contributed by atoms with van der Waals surface area (Å²) >= 11 is 15.2. The van der Waals surface area contributed by atoms with Crippen molar-refractivity contribution in [2.24, 2.45) is 5.10 Å². The second-order valence-corrected chi connectivity index (χ2v) is 12.0. The Morgan fingerprint density at radius 3 is 2.11 bits per heavy atom. The van der Waals surface area contributed by atoms with E-state index in [9.17, 15) is 8.42 Å². The molecule has 0 aliphatic carbocycles. The molecule has 1 aliphatic rings. The van der Waals surface area contributed by atoms with E-state index in [2.05, 4.69) is 38.1 Å². The van der Waals surface area contributed by atoms with E-state index >= 15 is 0 Å². The zero-order valence-electron chi connectivity index (χ0n) is 19.8. The number of anilines is 2. The van der Waals surface area contributed by atoms with Gasteiger partial charge < -0.3 is 5.32 Å². The minimum Gasteiger partial charge on any atom is -0.332 e. The second-order valence-electron chi connectivity index (χ2n) is 8.51. The molecular weight excluding hydrogens is 604 g/mol. The highest BCUT2D eigenvalue weighted by Gasteiger charge is 2.38. The Kier molecular flexibility index (Phi) is 7.80. The third kappa shape index (κ3) is 5.76. The van der Waals surface area contributed by atoms with E-state index < -0.39 is 10.0 Å². The molecule has 1 heterocycles. The lowest BCUT2D eigenvalue weighted by atomic mass is 9.98. The maximum Gasteiger partial charge on any atom is 0.263 e. The summed E-state index contributed by atoms with van der Waals surface area (Å²) in [5, 5.41) is 10.4. The van der Waals surface area contributed by atoms with Gasteiger partial charge in [0.25, 0.3) is 10.0 Å². The van der Waals surface area contributed by atoms with E-state index in [1.165, 1.54) is 0 Å². The summed E-state index contributed by atoms with van der Waals surface area (Å²) in [5.74, 6) is 0. The van der Waals surface area contributed by atoms with Crippen LogP contribution in [0.4, 0.5) is 11.4 Å². The molecule has 6 nitrogen and oxygen atoms in total. The lowest BCUT2D eigenvalue weighted by molar-refractivity contribution is 0.593. The predicted molar refractivity (Wildman–Crippen MR) is 162 cm³/mol. The molecule has 0 amide bonds. The molecule has 4 aromatic carbocycles. The largest absolute Gasteiger partial charge is 0.332 e. The Hall–Kier alpha value is -3.24. The van der Waals surface area contributed by atoms with Crippen LogP contribution in [-0.2, 0) is 10.0 Å². The summed E-state index contributed by atoms with van der Waals surface area (Å²) in [6.07, 6.45) is 0. The lowest BCUT2D eigenvalue weighted by Crippen LogP contribution is -2.34. The molecule has 5 rings (SSSR count).